The minimum atomic E-state index is 0.211. The Morgan fingerprint density at radius 1 is 0.742 bits per heavy atom. The number of aryl methyl sites for hydroxylation is 2. The first-order valence-corrected chi connectivity index (χ1v) is 13.2. The first-order valence-electron chi connectivity index (χ1n) is 13.2. The van der Waals surface area contributed by atoms with Crippen LogP contribution in [0.3, 0.4) is 0 Å². The largest absolute Gasteiger partial charge is 0.244 e. The molecule has 0 N–H and O–H groups in total. The molecule has 0 fully saturated rings. The van der Waals surface area contributed by atoms with Gasteiger partial charge >= 0.3 is 0 Å². The molecule has 0 aliphatic rings. The highest BCUT2D eigenvalue weighted by Crippen LogP contribution is 2.23. The standard InChI is InChI=1S/C29H49N2/c1-4-5-6-7-8-9-10-11-12-13-14-18-23-29(2,3)31-26-25-30(27-31)24-19-22-28-20-16-15-17-21-28/h15-17,20-21,25-27H,4-14,18-19,22-24H2,1-3H3/q+1. The maximum atomic E-state index is 2.42. The van der Waals surface area contributed by atoms with Crippen molar-refractivity contribution in [1.82, 2.24) is 4.57 Å². The van der Waals surface area contributed by atoms with E-state index in [2.05, 4.69) is 79.0 Å². The van der Waals surface area contributed by atoms with Gasteiger partial charge in [0.2, 0.25) is 6.33 Å². The van der Waals surface area contributed by atoms with Gasteiger partial charge in [0.15, 0.2) is 0 Å². The molecule has 1 heterocycles. The number of imidazole rings is 1. The molecular weight excluding hydrogens is 376 g/mol. The quantitative estimate of drug-likeness (QED) is 0.168. The summed E-state index contributed by atoms with van der Waals surface area (Å²) >= 11 is 0. The van der Waals surface area contributed by atoms with Gasteiger partial charge in [0.1, 0.15) is 17.9 Å². The predicted molar refractivity (Wildman–Crippen MR) is 134 cm³/mol. The lowest BCUT2D eigenvalue weighted by Gasteiger charge is -2.21. The van der Waals surface area contributed by atoms with Crippen molar-refractivity contribution >= 4 is 0 Å². The molecule has 2 nitrogen and oxygen atoms in total. The third-order valence-corrected chi connectivity index (χ3v) is 6.76. The van der Waals surface area contributed by atoms with Crippen molar-refractivity contribution in [2.75, 3.05) is 0 Å². The van der Waals surface area contributed by atoms with Crippen LogP contribution in [0.1, 0.15) is 116 Å². The second-order valence-corrected chi connectivity index (χ2v) is 10.1. The van der Waals surface area contributed by atoms with E-state index in [9.17, 15) is 0 Å². The monoisotopic (exact) mass is 425 g/mol. The van der Waals surface area contributed by atoms with Crippen LogP contribution in [0.4, 0.5) is 0 Å². The van der Waals surface area contributed by atoms with Gasteiger partial charge < -0.3 is 0 Å². The Bertz CT molecular complexity index is 671. The molecule has 1 aromatic carbocycles. The van der Waals surface area contributed by atoms with E-state index in [4.69, 9.17) is 0 Å². The van der Waals surface area contributed by atoms with Crippen LogP contribution in [0.15, 0.2) is 49.1 Å². The zero-order chi connectivity index (χ0) is 22.2. The Labute approximate surface area is 193 Å². The Kier molecular flexibility index (Phi) is 12.7. The third kappa shape index (κ3) is 11.0. The molecule has 0 bridgehead atoms. The highest BCUT2D eigenvalue weighted by atomic mass is 15.1. The van der Waals surface area contributed by atoms with E-state index in [0.29, 0.717) is 0 Å². The molecule has 0 unspecified atom stereocenters. The lowest BCUT2D eigenvalue weighted by molar-refractivity contribution is -0.697. The van der Waals surface area contributed by atoms with E-state index in [0.717, 1.165) is 13.0 Å². The molecule has 2 rings (SSSR count). The highest BCUT2D eigenvalue weighted by molar-refractivity contribution is 5.14. The van der Waals surface area contributed by atoms with E-state index in [1.807, 2.05) is 0 Å². The summed E-state index contributed by atoms with van der Waals surface area (Å²) in [7, 11) is 0. The molecule has 0 aliphatic carbocycles. The Balaban J connectivity index is 1.53. The second-order valence-electron chi connectivity index (χ2n) is 10.1. The first-order chi connectivity index (χ1) is 15.1. The molecule has 2 aromatic rings. The van der Waals surface area contributed by atoms with Gasteiger partial charge in [-0.05, 0) is 45.1 Å². The minimum absolute atomic E-state index is 0.211. The van der Waals surface area contributed by atoms with Crippen LogP contribution in [0.2, 0.25) is 0 Å². The van der Waals surface area contributed by atoms with Gasteiger partial charge in [-0.2, -0.15) is 0 Å². The van der Waals surface area contributed by atoms with Gasteiger partial charge in [-0.3, -0.25) is 0 Å². The van der Waals surface area contributed by atoms with Gasteiger partial charge in [-0.15, -0.1) is 0 Å². The van der Waals surface area contributed by atoms with Crippen molar-refractivity contribution in [1.29, 1.82) is 0 Å². The molecule has 0 aliphatic heterocycles. The van der Waals surface area contributed by atoms with Crippen LogP contribution in [0.25, 0.3) is 0 Å². The molecule has 0 radical (unpaired) electrons. The molecule has 0 saturated heterocycles. The lowest BCUT2D eigenvalue weighted by Crippen LogP contribution is -2.33. The molecule has 0 atom stereocenters. The summed E-state index contributed by atoms with van der Waals surface area (Å²) < 4.78 is 4.78. The van der Waals surface area contributed by atoms with Crippen LogP contribution < -0.4 is 4.57 Å². The molecule has 0 saturated carbocycles. The fourth-order valence-corrected chi connectivity index (χ4v) is 4.52. The zero-order valence-corrected chi connectivity index (χ0v) is 20.8. The van der Waals surface area contributed by atoms with E-state index < -0.39 is 0 Å². The smallest absolute Gasteiger partial charge is 0.237 e. The van der Waals surface area contributed by atoms with Crippen molar-refractivity contribution in [3.63, 3.8) is 0 Å². The molecular formula is C29H49N2+. The van der Waals surface area contributed by atoms with E-state index in [-0.39, 0.29) is 5.54 Å². The normalized spacial score (nSPS) is 11.8. The van der Waals surface area contributed by atoms with Crippen molar-refractivity contribution in [2.24, 2.45) is 0 Å². The molecule has 174 valence electrons. The number of nitrogens with zero attached hydrogens (tertiary/aromatic N) is 2. The summed E-state index contributed by atoms with van der Waals surface area (Å²) in [6.07, 6.45) is 27.5. The number of hydrogen-bond donors (Lipinski definition) is 0. The number of hydrogen-bond acceptors (Lipinski definition) is 0. The first kappa shape index (κ1) is 25.7. The topological polar surface area (TPSA) is 8.81 Å². The Hall–Kier alpha value is -1.57. The third-order valence-electron chi connectivity index (χ3n) is 6.76. The van der Waals surface area contributed by atoms with Crippen molar-refractivity contribution in [3.05, 3.63) is 54.6 Å². The lowest BCUT2D eigenvalue weighted by atomic mass is 9.95. The van der Waals surface area contributed by atoms with Crippen molar-refractivity contribution in [3.8, 4) is 0 Å². The van der Waals surface area contributed by atoms with Crippen LogP contribution in [-0.2, 0) is 18.5 Å². The van der Waals surface area contributed by atoms with Crippen LogP contribution in [0.5, 0.6) is 0 Å². The maximum Gasteiger partial charge on any atom is 0.244 e. The highest BCUT2D eigenvalue weighted by Gasteiger charge is 2.25. The van der Waals surface area contributed by atoms with E-state index >= 15 is 0 Å². The summed E-state index contributed by atoms with van der Waals surface area (Å²) in [5, 5.41) is 0. The van der Waals surface area contributed by atoms with Gasteiger partial charge in [-0.25, -0.2) is 9.13 Å². The van der Waals surface area contributed by atoms with Gasteiger partial charge in [0, 0.05) is 0 Å². The summed E-state index contributed by atoms with van der Waals surface area (Å²) in [4.78, 5) is 0. The molecule has 1 aromatic heterocycles. The van der Waals surface area contributed by atoms with E-state index in [1.165, 1.54) is 95.5 Å². The van der Waals surface area contributed by atoms with Crippen molar-refractivity contribution < 1.29 is 4.57 Å². The maximum absolute atomic E-state index is 2.42. The molecule has 2 heteroatoms. The number of unbranched alkanes of at least 4 members (excludes halogenated alkanes) is 11. The predicted octanol–water partition coefficient (Wildman–Crippen LogP) is 8.23. The molecule has 0 amide bonds. The summed E-state index contributed by atoms with van der Waals surface area (Å²) in [5.41, 5.74) is 1.65. The van der Waals surface area contributed by atoms with Crippen LogP contribution in [-0.4, -0.2) is 4.57 Å². The number of benzene rings is 1. The summed E-state index contributed by atoms with van der Waals surface area (Å²) in [6, 6.07) is 10.8. The second kappa shape index (κ2) is 15.3. The number of aromatic nitrogens is 2. The fourth-order valence-electron chi connectivity index (χ4n) is 4.52. The average molecular weight is 426 g/mol. The van der Waals surface area contributed by atoms with Crippen LogP contribution >= 0.6 is 0 Å². The Morgan fingerprint density at radius 2 is 1.32 bits per heavy atom. The van der Waals surface area contributed by atoms with Gasteiger partial charge in [0.05, 0.1) is 6.54 Å². The van der Waals surface area contributed by atoms with Crippen molar-refractivity contribution in [2.45, 2.75) is 129 Å². The SMILES string of the molecule is CCCCCCCCCCCCCCC(C)(C)n1cc[n+](CCCc2ccccc2)c1. The average Bonchev–Trinajstić information content (AvgIpc) is 3.25. The minimum Gasteiger partial charge on any atom is -0.237 e. The van der Waals surface area contributed by atoms with Gasteiger partial charge in [-0.1, -0.05) is 108 Å². The van der Waals surface area contributed by atoms with E-state index in [1.54, 1.807) is 0 Å². The summed E-state index contributed by atoms with van der Waals surface area (Å²) in [6.45, 7) is 8.17. The number of rotatable bonds is 18. The van der Waals surface area contributed by atoms with Crippen LogP contribution in [0, 0.1) is 0 Å². The Morgan fingerprint density at radius 3 is 1.94 bits per heavy atom. The fraction of sp³-hybridized carbons (Fsp3) is 0.690. The zero-order valence-electron chi connectivity index (χ0n) is 20.8. The molecule has 0 spiro atoms. The van der Waals surface area contributed by atoms with Gasteiger partial charge in [0.25, 0.3) is 0 Å². The summed E-state index contributed by atoms with van der Waals surface area (Å²) in [5.74, 6) is 0. The molecule has 31 heavy (non-hydrogen) atoms.